The summed E-state index contributed by atoms with van der Waals surface area (Å²) >= 11 is 5.81. The van der Waals surface area contributed by atoms with E-state index < -0.39 is 5.41 Å². The molecule has 2 aromatic rings. The van der Waals surface area contributed by atoms with Crippen LogP contribution in [0.25, 0.3) is 10.8 Å². The molecule has 94 valence electrons. The van der Waals surface area contributed by atoms with Crippen molar-refractivity contribution in [2.75, 3.05) is 11.2 Å². The highest BCUT2D eigenvalue weighted by molar-refractivity contribution is 6.20. The van der Waals surface area contributed by atoms with Crippen molar-refractivity contribution in [1.82, 2.24) is 0 Å². The number of halogens is 1. The van der Waals surface area contributed by atoms with Gasteiger partial charge < -0.3 is 5.32 Å². The molecular weight excluding hydrogens is 246 g/mol. The summed E-state index contributed by atoms with van der Waals surface area (Å²) < 4.78 is 0. The Morgan fingerprint density at radius 2 is 1.83 bits per heavy atom. The lowest BCUT2D eigenvalue weighted by molar-refractivity contribution is -0.122. The summed E-state index contributed by atoms with van der Waals surface area (Å²) in [6.45, 7) is 3.67. The summed E-state index contributed by atoms with van der Waals surface area (Å²) in [6.07, 6.45) is 0. The molecule has 0 unspecified atom stereocenters. The first-order valence-electron chi connectivity index (χ1n) is 5.90. The van der Waals surface area contributed by atoms with Crippen LogP contribution in [-0.2, 0) is 4.79 Å². The number of amides is 1. The lowest BCUT2D eigenvalue weighted by Crippen LogP contribution is -2.32. The molecule has 0 aliphatic carbocycles. The first-order valence-corrected chi connectivity index (χ1v) is 6.43. The van der Waals surface area contributed by atoms with Gasteiger partial charge in [0.15, 0.2) is 0 Å². The van der Waals surface area contributed by atoms with E-state index in [2.05, 4.69) is 5.32 Å². The molecule has 0 aliphatic heterocycles. The first-order chi connectivity index (χ1) is 8.54. The fourth-order valence-electron chi connectivity index (χ4n) is 1.69. The summed E-state index contributed by atoms with van der Waals surface area (Å²) in [5.74, 6) is 0.234. The standard InChI is InChI=1S/C15H16ClNO/c1-15(2,10-16)14(18)17-13-9-5-7-11-6-3-4-8-12(11)13/h3-9H,10H2,1-2H3,(H,17,18). The van der Waals surface area contributed by atoms with Crippen LogP contribution in [0.5, 0.6) is 0 Å². The molecule has 0 fully saturated rings. The molecule has 18 heavy (non-hydrogen) atoms. The normalized spacial score (nSPS) is 11.5. The van der Waals surface area contributed by atoms with E-state index in [4.69, 9.17) is 11.6 Å². The van der Waals surface area contributed by atoms with Gasteiger partial charge in [-0.3, -0.25) is 4.79 Å². The molecule has 0 saturated heterocycles. The van der Waals surface area contributed by atoms with Gasteiger partial charge >= 0.3 is 0 Å². The average molecular weight is 262 g/mol. The van der Waals surface area contributed by atoms with Crippen LogP contribution in [0.1, 0.15) is 13.8 Å². The summed E-state index contributed by atoms with van der Waals surface area (Å²) in [6, 6.07) is 13.8. The Bertz CT molecular complexity index is 572. The van der Waals surface area contributed by atoms with Gasteiger partial charge in [-0.2, -0.15) is 0 Å². The molecule has 0 aliphatic rings. The van der Waals surface area contributed by atoms with Crippen molar-refractivity contribution < 1.29 is 4.79 Å². The highest BCUT2D eigenvalue weighted by Gasteiger charge is 2.26. The molecule has 0 heterocycles. The Morgan fingerprint density at radius 1 is 1.17 bits per heavy atom. The van der Waals surface area contributed by atoms with Gasteiger partial charge in [0, 0.05) is 17.0 Å². The van der Waals surface area contributed by atoms with Gasteiger partial charge in [0.05, 0.1) is 5.41 Å². The first kappa shape index (κ1) is 12.9. The number of carbonyl (C=O) groups excluding carboxylic acids is 1. The number of hydrogen-bond acceptors (Lipinski definition) is 1. The van der Waals surface area contributed by atoms with Crippen LogP contribution in [0, 0.1) is 5.41 Å². The van der Waals surface area contributed by atoms with Gasteiger partial charge in [0.2, 0.25) is 5.91 Å². The van der Waals surface area contributed by atoms with Crippen molar-refractivity contribution in [2.24, 2.45) is 5.41 Å². The second-order valence-electron chi connectivity index (χ2n) is 5.00. The van der Waals surface area contributed by atoms with E-state index in [0.717, 1.165) is 16.5 Å². The van der Waals surface area contributed by atoms with Crippen molar-refractivity contribution >= 4 is 34.0 Å². The topological polar surface area (TPSA) is 29.1 Å². The van der Waals surface area contributed by atoms with Crippen molar-refractivity contribution in [3.63, 3.8) is 0 Å². The average Bonchev–Trinajstić information content (AvgIpc) is 2.39. The maximum atomic E-state index is 12.1. The summed E-state index contributed by atoms with van der Waals surface area (Å²) in [5, 5.41) is 5.10. The van der Waals surface area contributed by atoms with Gasteiger partial charge in [-0.25, -0.2) is 0 Å². The number of anilines is 1. The number of nitrogens with one attached hydrogen (secondary N) is 1. The van der Waals surface area contributed by atoms with E-state index in [1.54, 1.807) is 0 Å². The molecule has 1 amide bonds. The van der Waals surface area contributed by atoms with Gasteiger partial charge in [0.25, 0.3) is 0 Å². The Labute approximate surface area is 112 Å². The number of carbonyl (C=O) groups is 1. The lowest BCUT2D eigenvalue weighted by Gasteiger charge is -2.21. The van der Waals surface area contributed by atoms with Gasteiger partial charge in [0.1, 0.15) is 0 Å². The maximum Gasteiger partial charge on any atom is 0.231 e. The second kappa shape index (κ2) is 4.99. The second-order valence-corrected chi connectivity index (χ2v) is 5.27. The fraction of sp³-hybridized carbons (Fsp3) is 0.267. The molecule has 0 saturated carbocycles. The Balaban J connectivity index is 2.36. The van der Waals surface area contributed by atoms with E-state index in [9.17, 15) is 4.79 Å². The minimum atomic E-state index is -0.571. The third kappa shape index (κ3) is 2.49. The Kier molecular flexibility index (Phi) is 3.58. The molecule has 2 nitrogen and oxygen atoms in total. The molecule has 3 heteroatoms. The SMILES string of the molecule is CC(C)(CCl)C(=O)Nc1cccc2ccccc12. The molecular formula is C15H16ClNO. The molecule has 0 aromatic heterocycles. The minimum Gasteiger partial charge on any atom is -0.325 e. The van der Waals surface area contributed by atoms with E-state index in [1.807, 2.05) is 56.3 Å². The van der Waals surface area contributed by atoms with Crippen LogP contribution in [0.2, 0.25) is 0 Å². The Morgan fingerprint density at radius 3 is 2.56 bits per heavy atom. The smallest absolute Gasteiger partial charge is 0.231 e. The third-order valence-electron chi connectivity index (χ3n) is 2.99. The number of benzene rings is 2. The molecule has 0 radical (unpaired) electrons. The van der Waals surface area contributed by atoms with Crippen molar-refractivity contribution in [2.45, 2.75) is 13.8 Å². The molecule has 1 N–H and O–H groups in total. The number of alkyl halides is 1. The molecule has 2 rings (SSSR count). The van der Waals surface area contributed by atoms with E-state index in [-0.39, 0.29) is 5.91 Å². The molecule has 0 bridgehead atoms. The largest absolute Gasteiger partial charge is 0.325 e. The van der Waals surface area contributed by atoms with Gasteiger partial charge in [-0.1, -0.05) is 36.4 Å². The monoisotopic (exact) mass is 261 g/mol. The fourth-order valence-corrected chi connectivity index (χ4v) is 1.81. The van der Waals surface area contributed by atoms with Crippen LogP contribution >= 0.6 is 11.6 Å². The van der Waals surface area contributed by atoms with Crippen LogP contribution in [0.15, 0.2) is 42.5 Å². The minimum absolute atomic E-state index is 0.0612. The van der Waals surface area contributed by atoms with Crippen LogP contribution in [0.4, 0.5) is 5.69 Å². The van der Waals surface area contributed by atoms with Crippen LogP contribution in [-0.4, -0.2) is 11.8 Å². The van der Waals surface area contributed by atoms with Crippen molar-refractivity contribution in [3.05, 3.63) is 42.5 Å². The highest BCUT2D eigenvalue weighted by atomic mass is 35.5. The zero-order valence-electron chi connectivity index (χ0n) is 10.5. The maximum absolute atomic E-state index is 12.1. The number of fused-ring (bicyclic) bond motifs is 1. The highest BCUT2D eigenvalue weighted by Crippen LogP contribution is 2.26. The van der Waals surface area contributed by atoms with Gasteiger partial charge in [-0.15, -0.1) is 11.6 Å². The van der Waals surface area contributed by atoms with E-state index in [1.165, 1.54) is 0 Å². The van der Waals surface area contributed by atoms with Crippen molar-refractivity contribution in [3.8, 4) is 0 Å². The van der Waals surface area contributed by atoms with E-state index >= 15 is 0 Å². The zero-order chi connectivity index (χ0) is 13.2. The predicted octanol–water partition coefficient (Wildman–Crippen LogP) is 4.04. The summed E-state index contributed by atoms with van der Waals surface area (Å²) in [5.41, 5.74) is 0.259. The van der Waals surface area contributed by atoms with Crippen LogP contribution < -0.4 is 5.32 Å². The molecule has 0 atom stereocenters. The van der Waals surface area contributed by atoms with Crippen LogP contribution in [0.3, 0.4) is 0 Å². The number of hydrogen-bond donors (Lipinski definition) is 1. The van der Waals surface area contributed by atoms with Crippen molar-refractivity contribution in [1.29, 1.82) is 0 Å². The zero-order valence-corrected chi connectivity index (χ0v) is 11.3. The summed E-state index contributed by atoms with van der Waals surface area (Å²) in [7, 11) is 0. The predicted molar refractivity (Wildman–Crippen MR) is 77.1 cm³/mol. The molecule has 0 spiro atoms. The quantitative estimate of drug-likeness (QED) is 0.830. The number of rotatable bonds is 3. The van der Waals surface area contributed by atoms with Gasteiger partial charge in [-0.05, 0) is 25.3 Å². The lowest BCUT2D eigenvalue weighted by atomic mass is 9.95. The molecule has 2 aromatic carbocycles. The summed E-state index contributed by atoms with van der Waals surface area (Å²) in [4.78, 5) is 12.1. The Hall–Kier alpha value is -1.54. The van der Waals surface area contributed by atoms with E-state index in [0.29, 0.717) is 5.88 Å². The third-order valence-corrected chi connectivity index (χ3v) is 3.65.